The molecule has 1 heterocycles. The third-order valence-corrected chi connectivity index (χ3v) is 3.23. The Kier molecular flexibility index (Phi) is 4.70. The molecule has 1 atom stereocenters. The molecule has 100 valence electrons. The van der Waals surface area contributed by atoms with Gasteiger partial charge in [-0.2, -0.15) is 0 Å². The number of halogens is 1. The van der Waals surface area contributed by atoms with Gasteiger partial charge in [0.15, 0.2) is 0 Å². The van der Waals surface area contributed by atoms with Gasteiger partial charge in [-0.05, 0) is 24.5 Å². The van der Waals surface area contributed by atoms with Crippen LogP contribution in [0.4, 0.5) is 10.2 Å². The highest BCUT2D eigenvalue weighted by Gasteiger charge is 2.11. The largest absolute Gasteiger partial charge is 0.386 e. The van der Waals surface area contributed by atoms with Crippen molar-refractivity contribution < 1.29 is 9.50 Å². The van der Waals surface area contributed by atoms with Gasteiger partial charge in [-0.15, -0.1) is 22.0 Å². The number of rotatable bonds is 5. The van der Waals surface area contributed by atoms with Crippen LogP contribution in [0.2, 0.25) is 0 Å². The fraction of sp³-hybridized carbons (Fsp3) is 0.231. The molecule has 1 unspecified atom stereocenters. The molecule has 2 N–H and O–H groups in total. The molecule has 0 amide bonds. The second-order valence-corrected chi connectivity index (χ2v) is 4.71. The summed E-state index contributed by atoms with van der Waals surface area (Å²) >= 11 is 1.50. The van der Waals surface area contributed by atoms with Gasteiger partial charge < -0.3 is 10.4 Å². The lowest BCUT2D eigenvalue weighted by Gasteiger charge is -2.13. The highest BCUT2D eigenvalue weighted by Crippen LogP contribution is 2.17. The van der Waals surface area contributed by atoms with Crippen LogP contribution in [-0.2, 0) is 0 Å². The molecule has 0 bridgehead atoms. The van der Waals surface area contributed by atoms with Crippen LogP contribution in [-0.4, -0.2) is 28.1 Å². The van der Waals surface area contributed by atoms with E-state index in [1.54, 1.807) is 24.3 Å². The van der Waals surface area contributed by atoms with Gasteiger partial charge in [0, 0.05) is 12.1 Å². The summed E-state index contributed by atoms with van der Waals surface area (Å²) < 4.78 is 13.4. The maximum absolute atomic E-state index is 13.4. The molecule has 0 aliphatic rings. The average Bonchev–Trinajstić information content (AvgIpc) is 2.46. The van der Waals surface area contributed by atoms with E-state index in [-0.39, 0.29) is 12.1 Å². The lowest BCUT2D eigenvalue weighted by Crippen LogP contribution is -2.14. The third kappa shape index (κ3) is 3.65. The van der Waals surface area contributed by atoms with Crippen molar-refractivity contribution in [3.05, 3.63) is 47.8 Å². The van der Waals surface area contributed by atoms with E-state index < -0.39 is 11.9 Å². The topological polar surface area (TPSA) is 58.0 Å². The van der Waals surface area contributed by atoms with E-state index in [0.29, 0.717) is 5.82 Å². The van der Waals surface area contributed by atoms with Crippen LogP contribution in [0.1, 0.15) is 11.7 Å². The van der Waals surface area contributed by atoms with Crippen molar-refractivity contribution in [2.24, 2.45) is 0 Å². The molecule has 0 spiro atoms. The van der Waals surface area contributed by atoms with Crippen molar-refractivity contribution in [1.82, 2.24) is 10.2 Å². The van der Waals surface area contributed by atoms with Gasteiger partial charge in [0.2, 0.25) is 0 Å². The van der Waals surface area contributed by atoms with E-state index in [1.165, 1.54) is 17.8 Å². The van der Waals surface area contributed by atoms with Gasteiger partial charge in [-0.25, -0.2) is 4.39 Å². The molecule has 1 aromatic heterocycles. The minimum absolute atomic E-state index is 0.175. The Morgan fingerprint density at radius 1 is 1.26 bits per heavy atom. The van der Waals surface area contributed by atoms with Crippen LogP contribution in [0.25, 0.3) is 0 Å². The smallest absolute Gasteiger partial charge is 0.148 e. The van der Waals surface area contributed by atoms with E-state index in [0.717, 1.165) is 5.03 Å². The van der Waals surface area contributed by atoms with Crippen LogP contribution in [0.15, 0.2) is 41.4 Å². The Morgan fingerprint density at radius 3 is 2.68 bits per heavy atom. The summed E-state index contributed by atoms with van der Waals surface area (Å²) in [5.74, 6) is 0.133. The lowest BCUT2D eigenvalue weighted by molar-refractivity contribution is 0.186. The van der Waals surface area contributed by atoms with Crippen LogP contribution in [0, 0.1) is 5.82 Å². The standard InChI is InChI=1S/C13H14FN3OS/c1-19-13-7-6-12(16-17-13)15-8-11(18)9-4-2-3-5-10(9)14/h2-7,11,18H,8H2,1H3,(H,15,16). The molecule has 2 rings (SSSR count). The molecule has 0 aliphatic heterocycles. The Balaban J connectivity index is 1.96. The summed E-state index contributed by atoms with van der Waals surface area (Å²) in [4.78, 5) is 0. The molecule has 0 saturated carbocycles. The Bertz CT molecular complexity index is 536. The van der Waals surface area contributed by atoms with E-state index >= 15 is 0 Å². The fourth-order valence-corrected chi connectivity index (χ4v) is 1.91. The minimum Gasteiger partial charge on any atom is -0.386 e. The zero-order chi connectivity index (χ0) is 13.7. The normalized spacial score (nSPS) is 12.2. The number of aromatic nitrogens is 2. The number of nitrogens with zero attached hydrogens (tertiary/aromatic N) is 2. The van der Waals surface area contributed by atoms with Crippen molar-refractivity contribution in [1.29, 1.82) is 0 Å². The van der Waals surface area contributed by atoms with E-state index in [4.69, 9.17) is 0 Å². The number of aliphatic hydroxyl groups excluding tert-OH is 1. The Morgan fingerprint density at radius 2 is 2.05 bits per heavy atom. The second kappa shape index (κ2) is 6.49. The maximum atomic E-state index is 13.4. The van der Waals surface area contributed by atoms with Gasteiger partial charge in [-0.1, -0.05) is 18.2 Å². The monoisotopic (exact) mass is 279 g/mol. The van der Waals surface area contributed by atoms with E-state index in [9.17, 15) is 9.50 Å². The number of anilines is 1. The molecule has 0 saturated heterocycles. The first-order valence-electron chi connectivity index (χ1n) is 5.75. The number of thioether (sulfide) groups is 1. The number of hydrogen-bond acceptors (Lipinski definition) is 5. The molecule has 4 nitrogen and oxygen atoms in total. The van der Waals surface area contributed by atoms with Crippen LogP contribution in [0.5, 0.6) is 0 Å². The van der Waals surface area contributed by atoms with Crippen molar-refractivity contribution >= 4 is 17.6 Å². The van der Waals surface area contributed by atoms with E-state index in [1.807, 2.05) is 12.3 Å². The second-order valence-electron chi connectivity index (χ2n) is 3.88. The SMILES string of the molecule is CSc1ccc(NCC(O)c2ccccc2F)nn1. The first-order valence-corrected chi connectivity index (χ1v) is 6.97. The van der Waals surface area contributed by atoms with Gasteiger partial charge in [0.1, 0.15) is 16.7 Å². The van der Waals surface area contributed by atoms with Crippen LogP contribution in [0.3, 0.4) is 0 Å². The highest BCUT2D eigenvalue weighted by molar-refractivity contribution is 7.98. The summed E-state index contributed by atoms with van der Waals surface area (Å²) in [6, 6.07) is 9.76. The van der Waals surface area contributed by atoms with Crippen LogP contribution < -0.4 is 5.32 Å². The number of benzene rings is 1. The van der Waals surface area contributed by atoms with Gasteiger partial charge in [-0.3, -0.25) is 0 Å². The zero-order valence-electron chi connectivity index (χ0n) is 10.4. The minimum atomic E-state index is -0.928. The van der Waals surface area contributed by atoms with Crippen LogP contribution >= 0.6 is 11.8 Å². The quantitative estimate of drug-likeness (QED) is 0.823. The first kappa shape index (κ1) is 13.8. The van der Waals surface area contributed by atoms with E-state index in [2.05, 4.69) is 15.5 Å². The molecular formula is C13H14FN3OS. The fourth-order valence-electron chi connectivity index (χ4n) is 1.58. The zero-order valence-corrected chi connectivity index (χ0v) is 11.2. The summed E-state index contributed by atoms with van der Waals surface area (Å²) in [5.41, 5.74) is 0.267. The molecule has 0 aliphatic carbocycles. The predicted molar refractivity (Wildman–Crippen MR) is 73.7 cm³/mol. The molecule has 1 aromatic carbocycles. The molecule has 19 heavy (non-hydrogen) atoms. The number of hydrogen-bond donors (Lipinski definition) is 2. The van der Waals surface area contributed by atoms with Crippen molar-refractivity contribution in [2.45, 2.75) is 11.1 Å². The lowest BCUT2D eigenvalue weighted by atomic mass is 10.1. The van der Waals surface area contributed by atoms with Crippen molar-refractivity contribution in [3.8, 4) is 0 Å². The van der Waals surface area contributed by atoms with Crippen molar-refractivity contribution in [2.75, 3.05) is 18.1 Å². The molecule has 0 fully saturated rings. The summed E-state index contributed by atoms with van der Waals surface area (Å²) in [5, 5.41) is 21.6. The number of nitrogens with one attached hydrogen (secondary N) is 1. The van der Waals surface area contributed by atoms with Gasteiger partial charge in [0.25, 0.3) is 0 Å². The van der Waals surface area contributed by atoms with Crippen molar-refractivity contribution in [3.63, 3.8) is 0 Å². The predicted octanol–water partition coefficient (Wildman–Crippen LogP) is 2.48. The van der Waals surface area contributed by atoms with Gasteiger partial charge in [0.05, 0.1) is 6.10 Å². The maximum Gasteiger partial charge on any atom is 0.148 e. The Hall–Kier alpha value is -1.66. The number of aliphatic hydroxyl groups is 1. The molecule has 6 heteroatoms. The molecule has 2 aromatic rings. The summed E-state index contributed by atoms with van der Waals surface area (Å²) in [6.07, 6.45) is 0.988. The summed E-state index contributed by atoms with van der Waals surface area (Å²) in [6.45, 7) is 0.175. The van der Waals surface area contributed by atoms with Gasteiger partial charge >= 0.3 is 0 Å². The summed E-state index contributed by atoms with van der Waals surface area (Å²) in [7, 11) is 0. The highest BCUT2D eigenvalue weighted by atomic mass is 32.2. The molecular weight excluding hydrogens is 265 g/mol. The Labute approximate surface area is 115 Å². The molecule has 0 radical (unpaired) electrons. The third-order valence-electron chi connectivity index (χ3n) is 2.59. The average molecular weight is 279 g/mol. The first-order chi connectivity index (χ1) is 9.20.